The number of hydrogen-bond acceptors (Lipinski definition) is 2. The maximum absolute atomic E-state index is 12.1. The van der Waals surface area contributed by atoms with Crippen molar-refractivity contribution in [3.05, 3.63) is 57.2 Å². The zero-order valence-corrected chi connectivity index (χ0v) is 14.3. The summed E-state index contributed by atoms with van der Waals surface area (Å²) in [6, 6.07) is 12.6. The molecule has 2 N–H and O–H groups in total. The summed E-state index contributed by atoms with van der Waals surface area (Å²) in [5.74, 6) is -0.115. The monoisotopic (exact) mass is 445 g/mol. The van der Waals surface area contributed by atoms with Gasteiger partial charge in [0.15, 0.2) is 0 Å². The number of aryl methyl sites for hydroxylation is 1. The molecule has 3 nitrogen and oxygen atoms in total. The zero-order valence-electron chi connectivity index (χ0n) is 10.6. The first-order valence-corrected chi connectivity index (χ1v) is 8.25. The van der Waals surface area contributed by atoms with E-state index in [-0.39, 0.29) is 11.7 Å². The number of carbonyl (C=O) groups is 1. The van der Waals surface area contributed by atoms with Crippen molar-refractivity contribution >= 4 is 50.1 Å². The summed E-state index contributed by atoms with van der Waals surface area (Å²) < 4.78 is 0.721. The SMILES string of the molecule is O=C(Nc1ccc(CCBr)cc1)c1ccc(I)c(O)c1. The number of aromatic hydroxyl groups is 1. The van der Waals surface area contributed by atoms with Gasteiger partial charge in [-0.1, -0.05) is 28.1 Å². The Bertz CT molecular complexity index is 614. The highest BCUT2D eigenvalue weighted by Gasteiger charge is 2.08. The molecule has 0 aliphatic carbocycles. The molecule has 0 spiro atoms. The molecular weight excluding hydrogens is 433 g/mol. The number of rotatable bonds is 4. The third-order valence-electron chi connectivity index (χ3n) is 2.80. The molecular formula is C15H13BrINO2. The van der Waals surface area contributed by atoms with Crippen molar-refractivity contribution in [1.29, 1.82) is 0 Å². The summed E-state index contributed by atoms with van der Waals surface area (Å²) in [4.78, 5) is 12.1. The minimum Gasteiger partial charge on any atom is -0.507 e. The molecule has 0 fully saturated rings. The second kappa shape index (κ2) is 7.08. The van der Waals surface area contributed by atoms with E-state index in [0.717, 1.165) is 21.0 Å². The number of benzene rings is 2. The minimum absolute atomic E-state index is 0.117. The quantitative estimate of drug-likeness (QED) is 0.547. The van der Waals surface area contributed by atoms with Crippen molar-refractivity contribution < 1.29 is 9.90 Å². The van der Waals surface area contributed by atoms with Gasteiger partial charge < -0.3 is 10.4 Å². The Hall–Kier alpha value is -1.08. The predicted octanol–water partition coefficient (Wildman–Crippen LogP) is 4.19. The van der Waals surface area contributed by atoms with Gasteiger partial charge in [-0.2, -0.15) is 0 Å². The maximum Gasteiger partial charge on any atom is 0.255 e. The summed E-state index contributed by atoms with van der Waals surface area (Å²) in [7, 11) is 0. The topological polar surface area (TPSA) is 49.3 Å². The Morgan fingerprint density at radius 3 is 2.50 bits per heavy atom. The lowest BCUT2D eigenvalue weighted by Crippen LogP contribution is -2.11. The van der Waals surface area contributed by atoms with Crippen LogP contribution in [0.4, 0.5) is 5.69 Å². The van der Waals surface area contributed by atoms with Gasteiger partial charge in [-0.3, -0.25) is 4.79 Å². The Morgan fingerprint density at radius 1 is 1.20 bits per heavy atom. The normalized spacial score (nSPS) is 10.3. The summed E-state index contributed by atoms with van der Waals surface area (Å²) in [6.45, 7) is 0. The van der Waals surface area contributed by atoms with Crippen molar-refractivity contribution in [2.45, 2.75) is 6.42 Å². The van der Waals surface area contributed by atoms with E-state index in [1.54, 1.807) is 12.1 Å². The van der Waals surface area contributed by atoms with Crippen LogP contribution in [0.1, 0.15) is 15.9 Å². The number of phenols is 1. The average molecular weight is 446 g/mol. The molecule has 0 aromatic heterocycles. The molecule has 0 heterocycles. The standard InChI is InChI=1S/C15H13BrINO2/c16-8-7-10-1-4-12(5-2-10)18-15(20)11-3-6-13(17)14(19)9-11/h1-6,9,19H,7-8H2,(H,18,20). The van der Waals surface area contributed by atoms with Crippen molar-refractivity contribution in [3.8, 4) is 5.75 Å². The van der Waals surface area contributed by atoms with Gasteiger partial charge in [-0.05, 0) is 64.9 Å². The lowest BCUT2D eigenvalue weighted by molar-refractivity contribution is 0.102. The molecule has 2 rings (SSSR count). The van der Waals surface area contributed by atoms with Gasteiger partial charge in [-0.15, -0.1) is 0 Å². The lowest BCUT2D eigenvalue weighted by Gasteiger charge is -2.07. The molecule has 5 heteroatoms. The van der Waals surface area contributed by atoms with Crippen molar-refractivity contribution in [3.63, 3.8) is 0 Å². The zero-order chi connectivity index (χ0) is 14.5. The summed E-state index contributed by atoms with van der Waals surface area (Å²) in [6.07, 6.45) is 0.958. The van der Waals surface area contributed by atoms with Crippen LogP contribution < -0.4 is 5.32 Å². The molecule has 2 aromatic rings. The fourth-order valence-corrected chi connectivity index (χ4v) is 2.51. The number of halogens is 2. The smallest absolute Gasteiger partial charge is 0.255 e. The molecule has 0 atom stereocenters. The van der Waals surface area contributed by atoms with Gasteiger partial charge in [0.1, 0.15) is 5.75 Å². The molecule has 2 aromatic carbocycles. The second-order valence-corrected chi connectivity index (χ2v) is 6.21. The third-order valence-corrected chi connectivity index (χ3v) is 4.11. The first kappa shape index (κ1) is 15.3. The molecule has 0 bridgehead atoms. The van der Waals surface area contributed by atoms with Crippen LogP contribution in [-0.2, 0) is 6.42 Å². The molecule has 1 amide bonds. The first-order chi connectivity index (χ1) is 9.60. The molecule has 20 heavy (non-hydrogen) atoms. The summed E-state index contributed by atoms with van der Waals surface area (Å²) >= 11 is 5.41. The third kappa shape index (κ3) is 3.96. The van der Waals surface area contributed by atoms with Crippen molar-refractivity contribution in [1.82, 2.24) is 0 Å². The molecule has 0 aliphatic heterocycles. The predicted molar refractivity (Wildman–Crippen MR) is 92.7 cm³/mol. The molecule has 0 aliphatic rings. The van der Waals surface area contributed by atoms with E-state index in [1.807, 2.05) is 46.9 Å². The van der Waals surface area contributed by atoms with Crippen molar-refractivity contribution in [2.24, 2.45) is 0 Å². The summed E-state index contributed by atoms with van der Waals surface area (Å²) in [5.41, 5.74) is 2.39. The van der Waals surface area contributed by atoms with Crippen LogP contribution in [0.5, 0.6) is 5.75 Å². The van der Waals surface area contributed by atoms with Crippen LogP contribution in [0.3, 0.4) is 0 Å². The second-order valence-electron chi connectivity index (χ2n) is 4.26. The van der Waals surface area contributed by atoms with Gasteiger partial charge in [0, 0.05) is 16.6 Å². The van der Waals surface area contributed by atoms with Crippen LogP contribution in [0.2, 0.25) is 0 Å². The highest BCUT2D eigenvalue weighted by molar-refractivity contribution is 14.1. The van der Waals surface area contributed by atoms with Gasteiger partial charge >= 0.3 is 0 Å². The molecule has 0 radical (unpaired) electrons. The van der Waals surface area contributed by atoms with E-state index >= 15 is 0 Å². The molecule has 0 saturated heterocycles. The highest BCUT2D eigenvalue weighted by atomic mass is 127. The van der Waals surface area contributed by atoms with Crippen LogP contribution in [0.25, 0.3) is 0 Å². The van der Waals surface area contributed by atoms with E-state index in [2.05, 4.69) is 21.2 Å². The van der Waals surface area contributed by atoms with Gasteiger partial charge in [0.2, 0.25) is 0 Å². The number of carbonyl (C=O) groups excluding carboxylic acids is 1. The largest absolute Gasteiger partial charge is 0.507 e. The van der Waals surface area contributed by atoms with Crippen LogP contribution >= 0.6 is 38.5 Å². The fraction of sp³-hybridized carbons (Fsp3) is 0.133. The number of hydrogen-bond donors (Lipinski definition) is 2. The molecule has 0 saturated carbocycles. The van der Waals surface area contributed by atoms with Gasteiger partial charge in [0.05, 0.1) is 3.57 Å². The Labute approximate surface area is 139 Å². The number of amides is 1. The van der Waals surface area contributed by atoms with Gasteiger partial charge in [-0.25, -0.2) is 0 Å². The van der Waals surface area contributed by atoms with E-state index in [4.69, 9.17) is 0 Å². The van der Waals surface area contributed by atoms with Crippen LogP contribution in [0.15, 0.2) is 42.5 Å². The number of anilines is 1. The Kier molecular flexibility index (Phi) is 5.42. The minimum atomic E-state index is -0.232. The van der Waals surface area contributed by atoms with E-state index in [0.29, 0.717) is 5.56 Å². The molecule has 104 valence electrons. The van der Waals surface area contributed by atoms with E-state index < -0.39 is 0 Å². The lowest BCUT2D eigenvalue weighted by atomic mass is 10.1. The Balaban J connectivity index is 2.08. The maximum atomic E-state index is 12.1. The number of phenolic OH excluding ortho intramolecular Hbond substituents is 1. The van der Waals surface area contributed by atoms with E-state index in [1.165, 1.54) is 11.6 Å². The summed E-state index contributed by atoms with van der Waals surface area (Å²) in [5, 5.41) is 13.3. The average Bonchev–Trinajstić information content (AvgIpc) is 2.44. The van der Waals surface area contributed by atoms with E-state index in [9.17, 15) is 9.90 Å². The first-order valence-electron chi connectivity index (χ1n) is 6.05. The van der Waals surface area contributed by atoms with Crippen LogP contribution in [0, 0.1) is 3.57 Å². The van der Waals surface area contributed by atoms with Gasteiger partial charge in [0.25, 0.3) is 5.91 Å². The number of nitrogens with one attached hydrogen (secondary N) is 1. The highest BCUT2D eigenvalue weighted by Crippen LogP contribution is 2.21. The fourth-order valence-electron chi connectivity index (χ4n) is 1.72. The van der Waals surface area contributed by atoms with Crippen molar-refractivity contribution in [2.75, 3.05) is 10.6 Å². The van der Waals surface area contributed by atoms with Crippen LogP contribution in [-0.4, -0.2) is 16.3 Å². The number of alkyl halides is 1. The Morgan fingerprint density at radius 2 is 1.90 bits per heavy atom. The molecule has 0 unspecified atom stereocenters.